The minimum atomic E-state index is -0.466. The van der Waals surface area contributed by atoms with E-state index in [9.17, 15) is 4.79 Å². The molecular weight excluding hydrogens is 358 g/mol. The van der Waals surface area contributed by atoms with Crippen molar-refractivity contribution in [1.29, 1.82) is 0 Å². The van der Waals surface area contributed by atoms with Crippen LogP contribution >= 0.6 is 11.8 Å². The van der Waals surface area contributed by atoms with Crippen LogP contribution in [-0.2, 0) is 0 Å². The van der Waals surface area contributed by atoms with E-state index in [1.165, 1.54) is 15.2 Å². The Labute approximate surface area is 119 Å². The number of aromatic nitrogens is 1. The monoisotopic (exact) mass is 369 g/mol. The van der Waals surface area contributed by atoms with Crippen LogP contribution in [0.5, 0.6) is 0 Å². The summed E-state index contributed by atoms with van der Waals surface area (Å²) in [4.78, 5) is 16.6. The first-order valence-corrected chi connectivity index (χ1v) is 8.60. The number of fused-ring (bicyclic) bond motifs is 1. The molecule has 0 spiro atoms. The van der Waals surface area contributed by atoms with Crippen LogP contribution in [-0.4, -0.2) is 30.5 Å². The zero-order valence-corrected chi connectivity index (χ0v) is 12.5. The molecule has 0 aliphatic rings. The number of rotatable bonds is 2. The molecule has 0 unspecified atom stereocenters. The number of nitrogens with zero attached hydrogens (tertiary/aromatic N) is 1. The third-order valence-electron chi connectivity index (χ3n) is 2.46. The number of hydrogen-bond donors (Lipinski definition) is 0. The summed E-state index contributed by atoms with van der Waals surface area (Å²) in [5.41, 5.74) is 1.79. The summed E-state index contributed by atoms with van der Waals surface area (Å²) in [6, 6.07) is 17.5. The van der Waals surface area contributed by atoms with E-state index >= 15 is 0 Å². The Bertz CT molecular complexity index is 660. The molecule has 3 aromatic rings. The number of thioether (sulfide) groups is 1. The Morgan fingerprint density at radius 1 is 1.00 bits per heavy atom. The minimum absolute atomic E-state index is 0.0901. The zero-order valence-electron chi connectivity index (χ0n) is 9.37. The topological polar surface area (TPSA) is 30.0 Å². The van der Waals surface area contributed by atoms with Crippen molar-refractivity contribution in [3.63, 3.8) is 0 Å². The molecule has 18 heavy (non-hydrogen) atoms. The molecule has 0 N–H and O–H groups in total. The van der Waals surface area contributed by atoms with E-state index < -0.39 is 20.4 Å². The number of para-hydroxylation sites is 1. The van der Waals surface area contributed by atoms with Gasteiger partial charge >= 0.3 is 119 Å². The molecule has 0 atom stereocenters. The summed E-state index contributed by atoms with van der Waals surface area (Å²) in [7, 11) is 0. The molecule has 2 aromatic carbocycles. The van der Waals surface area contributed by atoms with Crippen LogP contribution < -0.4 is 0 Å². The van der Waals surface area contributed by atoms with Gasteiger partial charge < -0.3 is 0 Å². The van der Waals surface area contributed by atoms with Gasteiger partial charge in [-0.1, -0.05) is 0 Å². The van der Waals surface area contributed by atoms with Gasteiger partial charge in [-0.15, -0.1) is 0 Å². The van der Waals surface area contributed by atoms with Crippen LogP contribution in [0, 0.1) is 0 Å². The van der Waals surface area contributed by atoms with Gasteiger partial charge in [-0.2, -0.15) is 0 Å². The molecule has 0 bridgehead atoms. The van der Waals surface area contributed by atoms with Crippen molar-refractivity contribution in [3.8, 4) is 0 Å². The molecule has 0 aliphatic carbocycles. The van der Waals surface area contributed by atoms with Gasteiger partial charge in [0.1, 0.15) is 0 Å². The average molecular weight is 367 g/mol. The van der Waals surface area contributed by atoms with Crippen LogP contribution in [0.3, 0.4) is 0 Å². The van der Waals surface area contributed by atoms with Crippen molar-refractivity contribution < 1.29 is 4.79 Å². The molecule has 3 rings (SSSR count). The fourth-order valence-corrected chi connectivity index (χ4v) is 5.80. The summed E-state index contributed by atoms with van der Waals surface area (Å²) in [6.45, 7) is 0. The molecule has 88 valence electrons. The SMILES string of the molecule is O=C(Sc1nc2ccccc2[te]1)c1ccccc1. The van der Waals surface area contributed by atoms with E-state index in [1.54, 1.807) is 0 Å². The van der Waals surface area contributed by atoms with E-state index in [0.717, 1.165) is 14.1 Å². The maximum absolute atomic E-state index is 12.1. The molecule has 4 heteroatoms. The standard InChI is InChI=1S/C14H9NOSTe/c16-13(10-6-2-1-3-7-10)17-14-15-11-8-4-5-9-12(11)18-14/h1-9H. The van der Waals surface area contributed by atoms with Crippen LogP contribution in [0.15, 0.2) is 57.6 Å². The fraction of sp³-hybridized carbons (Fsp3) is 0. The van der Waals surface area contributed by atoms with Gasteiger partial charge in [-0.3, -0.25) is 0 Å². The predicted molar refractivity (Wildman–Crippen MR) is 75.3 cm³/mol. The van der Waals surface area contributed by atoms with E-state index in [-0.39, 0.29) is 5.12 Å². The Hall–Kier alpha value is -1.08. The Morgan fingerprint density at radius 3 is 2.50 bits per heavy atom. The molecule has 0 aliphatic heterocycles. The van der Waals surface area contributed by atoms with E-state index in [4.69, 9.17) is 0 Å². The van der Waals surface area contributed by atoms with Gasteiger partial charge in [0.25, 0.3) is 0 Å². The van der Waals surface area contributed by atoms with Gasteiger partial charge in [-0.05, 0) is 0 Å². The summed E-state index contributed by atoms with van der Waals surface area (Å²) < 4.78 is 2.33. The van der Waals surface area contributed by atoms with Gasteiger partial charge in [0, 0.05) is 0 Å². The molecule has 1 heterocycles. The molecular formula is C14H9NOSTe. The molecule has 0 amide bonds. The summed E-state index contributed by atoms with van der Waals surface area (Å²) in [5.74, 6) is 0. The average Bonchev–Trinajstić information content (AvgIpc) is 2.82. The maximum atomic E-state index is 12.1. The van der Waals surface area contributed by atoms with Crippen LogP contribution in [0.4, 0.5) is 0 Å². The van der Waals surface area contributed by atoms with E-state index in [2.05, 4.69) is 11.1 Å². The Kier molecular flexibility index (Phi) is 3.51. The van der Waals surface area contributed by atoms with Gasteiger partial charge in [0.2, 0.25) is 0 Å². The van der Waals surface area contributed by atoms with Crippen molar-refractivity contribution in [3.05, 3.63) is 60.2 Å². The second-order valence-electron chi connectivity index (χ2n) is 3.70. The van der Waals surface area contributed by atoms with Gasteiger partial charge in [0.15, 0.2) is 0 Å². The number of carbonyl (C=O) groups excluding carboxylic acids is 1. The molecule has 0 radical (unpaired) electrons. The first-order valence-electron chi connectivity index (χ1n) is 5.46. The van der Waals surface area contributed by atoms with Crippen molar-refractivity contribution >= 4 is 46.2 Å². The molecule has 0 saturated carbocycles. The van der Waals surface area contributed by atoms with Gasteiger partial charge in [-0.25, -0.2) is 0 Å². The molecule has 2 nitrogen and oxygen atoms in total. The van der Waals surface area contributed by atoms with E-state index in [0.29, 0.717) is 0 Å². The first-order chi connectivity index (χ1) is 8.83. The van der Waals surface area contributed by atoms with Gasteiger partial charge in [0.05, 0.1) is 0 Å². The third-order valence-corrected chi connectivity index (χ3v) is 6.80. The van der Waals surface area contributed by atoms with Crippen molar-refractivity contribution in [2.75, 3.05) is 0 Å². The predicted octanol–water partition coefficient (Wildman–Crippen LogP) is 3.22. The zero-order chi connectivity index (χ0) is 12.4. The third kappa shape index (κ3) is 2.51. The fourth-order valence-electron chi connectivity index (χ4n) is 1.61. The molecule has 0 fully saturated rings. The van der Waals surface area contributed by atoms with Crippen LogP contribution in [0.1, 0.15) is 10.4 Å². The van der Waals surface area contributed by atoms with Crippen molar-refractivity contribution in [2.45, 2.75) is 3.04 Å². The molecule has 1 aromatic heterocycles. The molecule has 0 saturated heterocycles. The summed E-state index contributed by atoms with van der Waals surface area (Å²) >= 11 is 0.820. The Morgan fingerprint density at radius 2 is 1.72 bits per heavy atom. The number of hydrogen-bond acceptors (Lipinski definition) is 3. The van der Waals surface area contributed by atoms with Crippen molar-refractivity contribution in [1.82, 2.24) is 4.98 Å². The Balaban J connectivity index is 1.86. The second-order valence-corrected chi connectivity index (χ2v) is 8.41. The van der Waals surface area contributed by atoms with Crippen LogP contribution in [0.2, 0.25) is 0 Å². The van der Waals surface area contributed by atoms with Crippen molar-refractivity contribution in [2.24, 2.45) is 0 Å². The normalized spacial score (nSPS) is 10.7. The first kappa shape index (κ1) is 12.0. The second kappa shape index (κ2) is 5.27. The summed E-state index contributed by atoms with van der Waals surface area (Å²) in [5, 5.41) is 0.0901. The number of benzene rings is 2. The number of carbonyl (C=O) groups is 1. The van der Waals surface area contributed by atoms with Crippen LogP contribution in [0.25, 0.3) is 8.92 Å². The summed E-state index contributed by atoms with van der Waals surface area (Å²) in [6.07, 6.45) is 0. The van der Waals surface area contributed by atoms with E-state index in [1.807, 2.05) is 48.5 Å². The quantitative estimate of drug-likeness (QED) is 0.515.